The molecule has 1 aromatic heterocycles. The molecule has 1 aromatic rings. The van der Waals surface area contributed by atoms with Gasteiger partial charge in [0.1, 0.15) is 5.76 Å². The van der Waals surface area contributed by atoms with Gasteiger partial charge < -0.3 is 9.73 Å². The molecule has 0 atom stereocenters. The number of nitrogens with zero attached hydrogens (tertiary/aromatic N) is 1. The third-order valence-electron chi connectivity index (χ3n) is 3.98. The maximum Gasteiger partial charge on any atom is 0.122 e. The molecule has 0 saturated heterocycles. The predicted molar refractivity (Wildman–Crippen MR) is 90.3 cm³/mol. The van der Waals surface area contributed by atoms with Crippen LogP contribution in [0.3, 0.4) is 0 Å². The van der Waals surface area contributed by atoms with E-state index in [1.165, 1.54) is 18.4 Å². The first-order valence-corrected chi connectivity index (χ1v) is 8.62. The molecule has 0 aromatic carbocycles. The maximum atomic E-state index is 5.67. The van der Waals surface area contributed by atoms with Gasteiger partial charge in [0.05, 0.1) is 12.8 Å². The minimum absolute atomic E-state index is 0.666. The van der Waals surface area contributed by atoms with E-state index in [0.717, 1.165) is 38.4 Å². The van der Waals surface area contributed by atoms with Crippen molar-refractivity contribution in [2.24, 2.45) is 5.92 Å². The van der Waals surface area contributed by atoms with Gasteiger partial charge in [0.2, 0.25) is 0 Å². The van der Waals surface area contributed by atoms with E-state index < -0.39 is 0 Å². The minimum Gasteiger partial charge on any atom is -0.468 e. The smallest absolute Gasteiger partial charge is 0.122 e. The monoisotopic (exact) mass is 294 g/mol. The summed E-state index contributed by atoms with van der Waals surface area (Å²) in [5, 5.41) is 3.44. The van der Waals surface area contributed by atoms with E-state index >= 15 is 0 Å². The topological polar surface area (TPSA) is 28.4 Å². The second-order valence-electron chi connectivity index (χ2n) is 6.34. The standard InChI is InChI=1S/C18H34N2O/c1-6-10-19-12-18-16(9-11-21-18)14-20(13-15(4)5)17(7-2)8-3/h9,11,15,17,19H,6-8,10,12-14H2,1-5H3. The molecule has 3 nitrogen and oxygen atoms in total. The van der Waals surface area contributed by atoms with E-state index in [4.69, 9.17) is 4.42 Å². The van der Waals surface area contributed by atoms with Crippen LogP contribution >= 0.6 is 0 Å². The molecule has 122 valence electrons. The second-order valence-corrected chi connectivity index (χ2v) is 6.34. The van der Waals surface area contributed by atoms with Crippen LogP contribution in [0, 0.1) is 5.92 Å². The van der Waals surface area contributed by atoms with E-state index in [2.05, 4.69) is 50.9 Å². The zero-order valence-electron chi connectivity index (χ0n) is 14.6. The van der Waals surface area contributed by atoms with E-state index in [9.17, 15) is 0 Å². The molecule has 0 amide bonds. The van der Waals surface area contributed by atoms with Crippen LogP contribution in [0.25, 0.3) is 0 Å². The van der Waals surface area contributed by atoms with E-state index in [1.807, 2.05) is 6.26 Å². The Labute approximate surface area is 131 Å². The van der Waals surface area contributed by atoms with Crippen LogP contribution in [-0.2, 0) is 13.1 Å². The van der Waals surface area contributed by atoms with E-state index in [0.29, 0.717) is 12.0 Å². The van der Waals surface area contributed by atoms with Crippen LogP contribution in [-0.4, -0.2) is 24.0 Å². The fraction of sp³-hybridized carbons (Fsp3) is 0.778. The van der Waals surface area contributed by atoms with E-state index in [1.54, 1.807) is 0 Å². The van der Waals surface area contributed by atoms with Gasteiger partial charge in [-0.15, -0.1) is 0 Å². The molecule has 3 heteroatoms. The Kier molecular flexibility index (Phi) is 8.70. The number of rotatable bonds is 11. The highest BCUT2D eigenvalue weighted by atomic mass is 16.3. The summed E-state index contributed by atoms with van der Waals surface area (Å²) in [6, 6.07) is 2.80. The summed E-state index contributed by atoms with van der Waals surface area (Å²) in [5.74, 6) is 1.79. The molecule has 0 bridgehead atoms. The van der Waals surface area contributed by atoms with Crippen molar-refractivity contribution in [2.45, 2.75) is 73.0 Å². The summed E-state index contributed by atoms with van der Waals surface area (Å²) >= 11 is 0. The Morgan fingerprint density at radius 2 is 1.90 bits per heavy atom. The summed E-state index contributed by atoms with van der Waals surface area (Å²) < 4.78 is 5.67. The minimum atomic E-state index is 0.666. The molecule has 0 aliphatic carbocycles. The van der Waals surface area contributed by atoms with Gasteiger partial charge in [-0.1, -0.05) is 34.6 Å². The lowest BCUT2D eigenvalue weighted by Crippen LogP contribution is -2.37. The van der Waals surface area contributed by atoms with Gasteiger partial charge in [0, 0.05) is 24.7 Å². The summed E-state index contributed by atoms with van der Waals surface area (Å²) in [7, 11) is 0. The molecule has 0 aliphatic rings. The summed E-state index contributed by atoms with van der Waals surface area (Å²) in [6.45, 7) is 15.4. The maximum absolute atomic E-state index is 5.67. The summed E-state index contributed by atoms with van der Waals surface area (Å²) in [6.07, 6.45) is 5.41. The van der Waals surface area contributed by atoms with Gasteiger partial charge in [-0.2, -0.15) is 0 Å². The fourth-order valence-corrected chi connectivity index (χ4v) is 2.88. The molecule has 0 fully saturated rings. The highest BCUT2D eigenvalue weighted by molar-refractivity contribution is 5.17. The first-order chi connectivity index (χ1) is 10.1. The van der Waals surface area contributed by atoms with Gasteiger partial charge in [-0.3, -0.25) is 4.90 Å². The van der Waals surface area contributed by atoms with Gasteiger partial charge in [-0.25, -0.2) is 0 Å². The van der Waals surface area contributed by atoms with Gasteiger partial charge in [-0.05, 0) is 37.8 Å². The first-order valence-electron chi connectivity index (χ1n) is 8.62. The molecule has 1 rings (SSSR count). The molecule has 0 aliphatic heterocycles. The lowest BCUT2D eigenvalue weighted by Gasteiger charge is -2.31. The zero-order valence-corrected chi connectivity index (χ0v) is 14.6. The Bertz CT molecular complexity index is 369. The van der Waals surface area contributed by atoms with Crippen molar-refractivity contribution in [1.29, 1.82) is 0 Å². The third kappa shape index (κ3) is 6.23. The average molecular weight is 294 g/mol. The fourth-order valence-electron chi connectivity index (χ4n) is 2.88. The van der Waals surface area contributed by atoms with Crippen molar-refractivity contribution in [1.82, 2.24) is 10.2 Å². The van der Waals surface area contributed by atoms with Crippen molar-refractivity contribution in [3.05, 3.63) is 23.7 Å². The summed E-state index contributed by atoms with van der Waals surface area (Å²) in [4.78, 5) is 2.62. The number of furan rings is 1. The van der Waals surface area contributed by atoms with Crippen LogP contribution in [0.1, 0.15) is 65.2 Å². The Morgan fingerprint density at radius 3 is 2.48 bits per heavy atom. The summed E-state index contributed by atoms with van der Waals surface area (Å²) in [5.41, 5.74) is 1.34. The molecule has 0 saturated carbocycles. The van der Waals surface area contributed by atoms with Gasteiger partial charge in [0.15, 0.2) is 0 Å². The highest BCUT2D eigenvalue weighted by Crippen LogP contribution is 2.19. The Hall–Kier alpha value is -0.800. The predicted octanol–water partition coefficient (Wildman–Crippen LogP) is 4.43. The van der Waals surface area contributed by atoms with Crippen molar-refractivity contribution >= 4 is 0 Å². The molecule has 0 radical (unpaired) electrons. The Morgan fingerprint density at radius 1 is 1.19 bits per heavy atom. The third-order valence-corrected chi connectivity index (χ3v) is 3.98. The first kappa shape index (κ1) is 18.2. The molecular weight excluding hydrogens is 260 g/mol. The second kappa shape index (κ2) is 10.0. The van der Waals surface area contributed by atoms with Gasteiger partial charge in [0.25, 0.3) is 0 Å². The van der Waals surface area contributed by atoms with E-state index in [-0.39, 0.29) is 0 Å². The van der Waals surface area contributed by atoms with Crippen LogP contribution in [0.15, 0.2) is 16.7 Å². The SMILES string of the molecule is CCCNCc1occc1CN(CC(C)C)C(CC)CC. The van der Waals surface area contributed by atoms with Crippen LogP contribution in [0.5, 0.6) is 0 Å². The molecule has 21 heavy (non-hydrogen) atoms. The normalized spacial score (nSPS) is 12.0. The molecule has 1 N–H and O–H groups in total. The van der Waals surface area contributed by atoms with Crippen molar-refractivity contribution < 1.29 is 4.42 Å². The number of nitrogens with one attached hydrogen (secondary N) is 1. The Balaban J connectivity index is 2.71. The van der Waals surface area contributed by atoms with Crippen LogP contribution in [0.4, 0.5) is 0 Å². The van der Waals surface area contributed by atoms with Crippen molar-refractivity contribution in [3.8, 4) is 0 Å². The highest BCUT2D eigenvalue weighted by Gasteiger charge is 2.18. The van der Waals surface area contributed by atoms with Gasteiger partial charge >= 0.3 is 0 Å². The lowest BCUT2D eigenvalue weighted by molar-refractivity contribution is 0.156. The molecule has 0 spiro atoms. The molecule has 0 unspecified atom stereocenters. The quantitative estimate of drug-likeness (QED) is 0.612. The molecular formula is C18H34N2O. The van der Waals surface area contributed by atoms with Crippen molar-refractivity contribution in [2.75, 3.05) is 13.1 Å². The van der Waals surface area contributed by atoms with Crippen molar-refractivity contribution in [3.63, 3.8) is 0 Å². The lowest BCUT2D eigenvalue weighted by atomic mass is 10.1. The zero-order chi connectivity index (χ0) is 15.7. The number of hydrogen-bond donors (Lipinski definition) is 1. The molecule has 1 heterocycles. The van der Waals surface area contributed by atoms with Crippen LogP contribution in [0.2, 0.25) is 0 Å². The number of hydrogen-bond acceptors (Lipinski definition) is 3. The van der Waals surface area contributed by atoms with Crippen LogP contribution < -0.4 is 5.32 Å². The largest absolute Gasteiger partial charge is 0.468 e. The average Bonchev–Trinajstić information content (AvgIpc) is 2.87.